The molecule has 8 N–H and O–H groups in total. The molecule has 0 radical (unpaired) electrons. The Morgan fingerprint density at radius 1 is 0.284 bits per heavy atom. The first kappa shape index (κ1) is 72.6. The van der Waals surface area contributed by atoms with Crippen LogP contribution < -0.4 is 21.3 Å². The average molecular weight is 1670 g/mol. The summed E-state index contributed by atoms with van der Waals surface area (Å²) in [4.78, 5) is 48.6. The van der Waals surface area contributed by atoms with Gasteiger partial charge in [-0.3, -0.25) is 19.2 Å². The summed E-state index contributed by atoms with van der Waals surface area (Å²) in [5, 5.41) is 49.4. The zero-order valence-electron chi connectivity index (χ0n) is 46.7. The lowest BCUT2D eigenvalue weighted by Crippen LogP contribution is -2.36. The van der Waals surface area contributed by atoms with Crippen LogP contribution in [0.3, 0.4) is 0 Å². The standard InChI is InChI=1S/4C16H14F2INO2/c4*1-9(21)15(10-5-7-11(19)8-6-10)20-16(22)14-12(17)3-2-4-13(14)18/h4*2-9,15,21H,1H3,(H,20,22)/t2*9-,15+;2*9-,15-/m1010/s1. The summed E-state index contributed by atoms with van der Waals surface area (Å²) in [6, 6.07) is 38.4. The number of aliphatic hydroxyl groups excluding tert-OH is 4. The Hall–Kier alpha value is -6.16. The third-order valence-corrected chi connectivity index (χ3v) is 15.6. The lowest BCUT2D eigenvalue weighted by molar-refractivity contribution is 0.0845. The van der Waals surface area contributed by atoms with Gasteiger partial charge in [0.05, 0.1) is 48.6 Å². The minimum atomic E-state index is -0.940. The Labute approximate surface area is 556 Å². The van der Waals surface area contributed by atoms with Crippen molar-refractivity contribution in [3.8, 4) is 0 Å². The molecule has 464 valence electrons. The molecule has 88 heavy (non-hydrogen) atoms. The fraction of sp³-hybridized carbons (Fsp3) is 0.188. The van der Waals surface area contributed by atoms with Crippen LogP contribution in [0.4, 0.5) is 35.1 Å². The molecular formula is C64H56F8I4N4O8. The second kappa shape index (κ2) is 34.7. The van der Waals surface area contributed by atoms with E-state index in [-0.39, 0.29) is 0 Å². The van der Waals surface area contributed by atoms with E-state index in [1.807, 2.05) is 48.5 Å². The molecule has 0 saturated heterocycles. The minimum absolute atomic E-state index is 0.653. The highest BCUT2D eigenvalue weighted by Gasteiger charge is 2.28. The van der Waals surface area contributed by atoms with E-state index in [4.69, 9.17) is 0 Å². The molecule has 0 aliphatic carbocycles. The van der Waals surface area contributed by atoms with Gasteiger partial charge in [-0.25, -0.2) is 35.1 Å². The number of carbonyl (C=O) groups excluding carboxylic acids is 4. The number of aliphatic hydroxyl groups is 4. The first-order valence-electron chi connectivity index (χ1n) is 26.3. The Morgan fingerprint density at radius 3 is 0.545 bits per heavy atom. The molecule has 24 heteroatoms. The van der Waals surface area contributed by atoms with Crippen LogP contribution in [0.1, 0.15) is 116 Å². The molecule has 0 heterocycles. The maximum atomic E-state index is 13.6. The lowest BCUT2D eigenvalue weighted by atomic mass is 10.0. The minimum Gasteiger partial charge on any atom is -0.391 e. The SMILES string of the molecule is C[C@@H](O)[C@@H](NC(=O)c1c(F)cccc1F)c1ccc(I)cc1.C[C@@H](O)[C@H](NC(=O)c1c(F)cccc1F)c1ccc(I)cc1.C[C@H](O)[C@@H](NC(=O)c1c(F)cccc1F)c1ccc(I)cc1.C[C@H](O)[C@H](NC(=O)c1c(F)cccc1F)c1ccc(I)cc1. The molecular weight excluding hydrogens is 1610 g/mol. The van der Waals surface area contributed by atoms with Crippen LogP contribution in [0.25, 0.3) is 0 Å². The maximum absolute atomic E-state index is 13.6. The summed E-state index contributed by atoms with van der Waals surface area (Å²) >= 11 is 8.53. The van der Waals surface area contributed by atoms with Gasteiger partial charge in [0.15, 0.2) is 0 Å². The van der Waals surface area contributed by atoms with Gasteiger partial charge in [-0.2, -0.15) is 0 Å². The van der Waals surface area contributed by atoms with Crippen molar-refractivity contribution in [2.45, 2.75) is 76.3 Å². The third kappa shape index (κ3) is 21.0. The van der Waals surface area contributed by atoms with E-state index in [0.29, 0.717) is 22.3 Å². The Bertz CT molecular complexity index is 3090. The summed E-state index contributed by atoms with van der Waals surface area (Å²) in [6.07, 6.45) is -3.67. The topological polar surface area (TPSA) is 197 Å². The fourth-order valence-corrected chi connectivity index (χ4v) is 9.76. The molecule has 0 saturated carbocycles. The summed E-state index contributed by atoms with van der Waals surface area (Å²) in [7, 11) is 0. The highest BCUT2D eigenvalue weighted by atomic mass is 127. The lowest BCUT2D eigenvalue weighted by Gasteiger charge is -2.22. The van der Waals surface area contributed by atoms with Crippen LogP contribution in [0.15, 0.2) is 170 Å². The highest BCUT2D eigenvalue weighted by molar-refractivity contribution is 14.1. The number of rotatable bonds is 16. The van der Waals surface area contributed by atoms with Gasteiger partial charge in [-0.05, 0) is 237 Å². The zero-order chi connectivity index (χ0) is 65.1. The molecule has 0 spiro atoms. The highest BCUT2D eigenvalue weighted by Crippen LogP contribution is 2.26. The second-order valence-electron chi connectivity index (χ2n) is 19.4. The summed E-state index contributed by atoms with van der Waals surface area (Å²) in [5.74, 6) is -11.1. The summed E-state index contributed by atoms with van der Waals surface area (Å²) in [6.45, 7) is 6.00. The number of hydrogen-bond donors (Lipinski definition) is 8. The van der Waals surface area contributed by atoms with Gasteiger partial charge in [-0.1, -0.05) is 72.8 Å². The van der Waals surface area contributed by atoms with Gasteiger partial charge >= 0.3 is 0 Å². The quantitative estimate of drug-likeness (QED) is 0.0345. The molecule has 0 bridgehead atoms. The molecule has 8 rings (SSSR count). The first-order chi connectivity index (χ1) is 41.6. The predicted octanol–water partition coefficient (Wildman–Crippen LogP) is 13.7. The van der Waals surface area contributed by atoms with Crippen molar-refractivity contribution in [3.05, 3.63) is 275 Å². The molecule has 0 unspecified atom stereocenters. The average Bonchev–Trinajstić information content (AvgIpc) is 2.94. The van der Waals surface area contributed by atoms with Crippen molar-refractivity contribution in [3.63, 3.8) is 0 Å². The summed E-state index contributed by atoms with van der Waals surface area (Å²) in [5.41, 5.74) is -0.00306. The van der Waals surface area contributed by atoms with E-state index in [2.05, 4.69) is 112 Å². The van der Waals surface area contributed by atoms with E-state index >= 15 is 0 Å². The van der Waals surface area contributed by atoms with Crippen molar-refractivity contribution in [1.82, 2.24) is 21.3 Å². The second-order valence-corrected chi connectivity index (χ2v) is 24.3. The molecule has 0 aliphatic rings. The molecule has 4 amide bonds. The van der Waals surface area contributed by atoms with Crippen LogP contribution in [0, 0.1) is 60.8 Å². The number of carbonyl (C=O) groups is 4. The molecule has 0 aliphatic heterocycles. The number of hydrogen-bond acceptors (Lipinski definition) is 8. The van der Waals surface area contributed by atoms with Gasteiger partial charge < -0.3 is 41.7 Å². The number of amides is 4. The smallest absolute Gasteiger partial charge is 0.257 e. The third-order valence-electron chi connectivity index (χ3n) is 12.8. The van der Waals surface area contributed by atoms with Crippen LogP contribution in [0.2, 0.25) is 0 Å². The molecule has 8 aromatic carbocycles. The first-order valence-corrected chi connectivity index (χ1v) is 30.6. The van der Waals surface area contributed by atoms with Crippen molar-refractivity contribution in [2.75, 3.05) is 0 Å². The number of nitrogens with one attached hydrogen (secondary N) is 4. The van der Waals surface area contributed by atoms with Crippen LogP contribution >= 0.6 is 90.4 Å². The normalized spacial score (nSPS) is 13.5. The van der Waals surface area contributed by atoms with Gasteiger partial charge in [0.25, 0.3) is 23.6 Å². The van der Waals surface area contributed by atoms with E-state index in [9.17, 15) is 74.7 Å². The van der Waals surface area contributed by atoms with E-state index in [1.165, 1.54) is 52.0 Å². The van der Waals surface area contributed by atoms with Crippen molar-refractivity contribution in [2.24, 2.45) is 0 Å². The van der Waals surface area contributed by atoms with E-state index < -0.39 is 141 Å². The van der Waals surface area contributed by atoms with Crippen LogP contribution in [-0.2, 0) is 0 Å². The largest absolute Gasteiger partial charge is 0.391 e. The van der Waals surface area contributed by atoms with Crippen LogP contribution in [-0.4, -0.2) is 68.5 Å². The molecule has 0 fully saturated rings. The van der Waals surface area contributed by atoms with Gasteiger partial charge in [-0.15, -0.1) is 0 Å². The van der Waals surface area contributed by atoms with Crippen molar-refractivity contribution >= 4 is 114 Å². The zero-order valence-corrected chi connectivity index (χ0v) is 55.4. The van der Waals surface area contributed by atoms with Gasteiger partial charge in [0.1, 0.15) is 68.8 Å². The van der Waals surface area contributed by atoms with E-state index in [1.54, 1.807) is 48.5 Å². The Balaban J connectivity index is 0.000000214. The summed E-state index contributed by atoms with van der Waals surface area (Å²) < 4.78 is 113. The van der Waals surface area contributed by atoms with Gasteiger partial charge in [0.2, 0.25) is 0 Å². The van der Waals surface area contributed by atoms with Gasteiger partial charge in [0, 0.05) is 14.3 Å². The molecule has 0 aromatic heterocycles. The predicted molar refractivity (Wildman–Crippen MR) is 350 cm³/mol. The monoisotopic (exact) mass is 1670 g/mol. The maximum Gasteiger partial charge on any atom is 0.257 e. The Kier molecular flexibility index (Phi) is 28.6. The Morgan fingerprint density at radius 2 is 0.420 bits per heavy atom. The fourth-order valence-electron chi connectivity index (χ4n) is 8.32. The number of benzene rings is 8. The van der Waals surface area contributed by atoms with Crippen molar-refractivity contribution < 1.29 is 74.7 Å². The molecule has 12 nitrogen and oxygen atoms in total. The van der Waals surface area contributed by atoms with E-state index in [0.717, 1.165) is 62.8 Å². The molecule has 8 aromatic rings. The van der Waals surface area contributed by atoms with Crippen molar-refractivity contribution in [1.29, 1.82) is 0 Å². The van der Waals surface area contributed by atoms with Crippen LogP contribution in [0.5, 0.6) is 0 Å². The molecule has 8 atom stereocenters. The number of halogens is 12.